The molecule has 0 saturated heterocycles. The maximum absolute atomic E-state index is 9.79. The summed E-state index contributed by atoms with van der Waals surface area (Å²) in [6.07, 6.45) is 4.00. The van der Waals surface area contributed by atoms with Crippen molar-refractivity contribution in [3.05, 3.63) is 0 Å². The lowest BCUT2D eigenvalue weighted by molar-refractivity contribution is 0.122. The number of hydrogen-bond acceptors (Lipinski definition) is 2. The van der Waals surface area contributed by atoms with E-state index < -0.39 is 8.32 Å². The molecule has 1 saturated carbocycles. The molecule has 0 radical (unpaired) electrons. The van der Waals surface area contributed by atoms with Gasteiger partial charge in [-0.2, -0.15) is 0 Å². The van der Waals surface area contributed by atoms with Gasteiger partial charge in [0.15, 0.2) is 8.32 Å². The standard InChI is InChI=1S/C8H18O2Si/c1-11(2,10)8-6-4-3-5-7(8)9/h7-10H,3-6H2,1-2H3/t7-,8+/m0/s1. The number of aliphatic hydroxyl groups is 1. The zero-order chi connectivity index (χ0) is 8.48. The van der Waals surface area contributed by atoms with Crippen LogP contribution in [0.3, 0.4) is 0 Å². The Bertz CT molecular complexity index is 131. The summed E-state index contributed by atoms with van der Waals surface area (Å²) in [5.74, 6) is 0. The van der Waals surface area contributed by atoms with Crippen molar-refractivity contribution in [1.82, 2.24) is 0 Å². The van der Waals surface area contributed by atoms with E-state index in [0.29, 0.717) is 0 Å². The van der Waals surface area contributed by atoms with Gasteiger partial charge < -0.3 is 9.90 Å². The first-order valence-corrected chi connectivity index (χ1v) is 7.44. The molecule has 1 aliphatic rings. The maximum Gasteiger partial charge on any atom is 0.188 e. The fourth-order valence-corrected chi connectivity index (χ4v) is 3.95. The molecule has 0 bridgehead atoms. The Morgan fingerprint density at radius 2 is 1.73 bits per heavy atom. The van der Waals surface area contributed by atoms with Crippen molar-refractivity contribution in [2.75, 3.05) is 0 Å². The van der Waals surface area contributed by atoms with E-state index in [9.17, 15) is 9.90 Å². The molecular formula is C8H18O2Si. The minimum absolute atomic E-state index is 0.219. The minimum atomic E-state index is -2.07. The van der Waals surface area contributed by atoms with E-state index in [-0.39, 0.29) is 11.6 Å². The maximum atomic E-state index is 9.79. The predicted octanol–water partition coefficient (Wildman–Crippen LogP) is 1.49. The zero-order valence-electron chi connectivity index (χ0n) is 7.38. The smallest absolute Gasteiger partial charge is 0.188 e. The summed E-state index contributed by atoms with van der Waals surface area (Å²) in [5.41, 5.74) is 0.219. The molecule has 0 aliphatic heterocycles. The third-order valence-electron chi connectivity index (χ3n) is 2.64. The molecule has 66 valence electrons. The molecule has 0 heterocycles. The van der Waals surface area contributed by atoms with Crippen LogP contribution in [0.25, 0.3) is 0 Å². The SMILES string of the molecule is C[Si](C)(O)[C@@H]1CCCC[C@@H]1O. The average Bonchev–Trinajstić information content (AvgIpc) is 1.86. The van der Waals surface area contributed by atoms with Crippen LogP contribution in [0.4, 0.5) is 0 Å². The first-order valence-electron chi connectivity index (χ1n) is 4.42. The molecule has 0 spiro atoms. The lowest BCUT2D eigenvalue weighted by Crippen LogP contribution is -2.40. The van der Waals surface area contributed by atoms with Gasteiger partial charge in [0.2, 0.25) is 0 Å². The lowest BCUT2D eigenvalue weighted by Gasteiger charge is -2.34. The van der Waals surface area contributed by atoms with Crippen LogP contribution in [-0.4, -0.2) is 24.3 Å². The van der Waals surface area contributed by atoms with Gasteiger partial charge in [0.1, 0.15) is 0 Å². The highest BCUT2D eigenvalue weighted by Gasteiger charge is 2.36. The minimum Gasteiger partial charge on any atom is -0.432 e. The van der Waals surface area contributed by atoms with Crippen molar-refractivity contribution in [1.29, 1.82) is 0 Å². The van der Waals surface area contributed by atoms with E-state index >= 15 is 0 Å². The summed E-state index contributed by atoms with van der Waals surface area (Å²) >= 11 is 0. The quantitative estimate of drug-likeness (QED) is 0.591. The van der Waals surface area contributed by atoms with Crippen LogP contribution in [0.2, 0.25) is 18.6 Å². The van der Waals surface area contributed by atoms with Crippen molar-refractivity contribution in [3.8, 4) is 0 Å². The lowest BCUT2D eigenvalue weighted by atomic mass is 9.97. The fourth-order valence-electron chi connectivity index (χ4n) is 1.94. The molecule has 1 rings (SSSR count). The number of hydrogen-bond donors (Lipinski definition) is 2. The summed E-state index contributed by atoms with van der Waals surface area (Å²) in [4.78, 5) is 9.79. The molecule has 2 atom stereocenters. The van der Waals surface area contributed by atoms with Gasteiger partial charge in [-0.1, -0.05) is 12.8 Å². The summed E-state index contributed by atoms with van der Waals surface area (Å²) in [5, 5.41) is 9.58. The van der Waals surface area contributed by atoms with Gasteiger partial charge in [-0.05, 0) is 25.9 Å². The van der Waals surface area contributed by atoms with Crippen LogP contribution in [0, 0.1) is 0 Å². The number of rotatable bonds is 1. The summed E-state index contributed by atoms with van der Waals surface area (Å²) in [6, 6.07) is 0. The van der Waals surface area contributed by atoms with Crippen molar-refractivity contribution in [2.24, 2.45) is 0 Å². The molecule has 2 N–H and O–H groups in total. The van der Waals surface area contributed by atoms with Gasteiger partial charge in [-0.3, -0.25) is 0 Å². The molecule has 1 fully saturated rings. The highest BCUT2D eigenvalue weighted by Crippen LogP contribution is 2.35. The summed E-state index contributed by atoms with van der Waals surface area (Å²) in [6.45, 7) is 3.85. The molecular weight excluding hydrogens is 156 g/mol. The van der Waals surface area contributed by atoms with E-state index in [4.69, 9.17) is 0 Å². The average molecular weight is 174 g/mol. The molecule has 3 heteroatoms. The van der Waals surface area contributed by atoms with Gasteiger partial charge in [-0.15, -0.1) is 0 Å². The van der Waals surface area contributed by atoms with E-state index in [1.54, 1.807) is 0 Å². The second-order valence-electron chi connectivity index (χ2n) is 4.11. The van der Waals surface area contributed by atoms with Crippen LogP contribution < -0.4 is 0 Å². The first-order chi connectivity index (χ1) is 5.02. The third-order valence-corrected chi connectivity index (χ3v) is 5.13. The summed E-state index contributed by atoms with van der Waals surface area (Å²) < 4.78 is 0. The molecule has 1 aliphatic carbocycles. The Labute approximate surface area is 69.4 Å². The predicted molar refractivity (Wildman–Crippen MR) is 47.9 cm³/mol. The highest BCUT2D eigenvalue weighted by atomic mass is 28.4. The zero-order valence-corrected chi connectivity index (χ0v) is 8.38. The normalized spacial score (nSPS) is 33.8. The van der Waals surface area contributed by atoms with Crippen LogP contribution in [-0.2, 0) is 0 Å². The molecule has 11 heavy (non-hydrogen) atoms. The van der Waals surface area contributed by atoms with E-state index in [2.05, 4.69) is 0 Å². The highest BCUT2D eigenvalue weighted by molar-refractivity contribution is 6.71. The van der Waals surface area contributed by atoms with E-state index in [1.165, 1.54) is 6.42 Å². The fraction of sp³-hybridized carbons (Fsp3) is 1.00. The van der Waals surface area contributed by atoms with E-state index in [0.717, 1.165) is 19.3 Å². The molecule has 0 aromatic heterocycles. The van der Waals surface area contributed by atoms with Crippen molar-refractivity contribution >= 4 is 8.32 Å². The van der Waals surface area contributed by atoms with E-state index in [1.807, 2.05) is 13.1 Å². The Morgan fingerprint density at radius 1 is 1.18 bits per heavy atom. The van der Waals surface area contributed by atoms with Crippen molar-refractivity contribution in [2.45, 2.75) is 50.4 Å². The topological polar surface area (TPSA) is 40.5 Å². The van der Waals surface area contributed by atoms with Gasteiger partial charge in [0.05, 0.1) is 6.10 Å². The monoisotopic (exact) mass is 174 g/mol. The Morgan fingerprint density at radius 3 is 2.09 bits per heavy atom. The van der Waals surface area contributed by atoms with Crippen LogP contribution in [0.5, 0.6) is 0 Å². The van der Waals surface area contributed by atoms with Crippen molar-refractivity contribution < 1.29 is 9.90 Å². The first kappa shape index (κ1) is 9.23. The number of aliphatic hydroxyl groups excluding tert-OH is 1. The van der Waals surface area contributed by atoms with Crippen molar-refractivity contribution in [3.63, 3.8) is 0 Å². The van der Waals surface area contributed by atoms with Crippen LogP contribution in [0.1, 0.15) is 25.7 Å². The van der Waals surface area contributed by atoms with Gasteiger partial charge in [0, 0.05) is 5.54 Å². The largest absolute Gasteiger partial charge is 0.432 e. The third kappa shape index (κ3) is 2.29. The Hall–Kier alpha value is 0.137. The molecule has 0 aromatic carbocycles. The molecule has 0 amide bonds. The second kappa shape index (κ2) is 3.25. The van der Waals surface area contributed by atoms with Gasteiger partial charge in [-0.25, -0.2) is 0 Å². The van der Waals surface area contributed by atoms with Gasteiger partial charge in [0.25, 0.3) is 0 Å². The molecule has 0 aromatic rings. The Balaban J connectivity index is 2.55. The summed E-state index contributed by atoms with van der Waals surface area (Å²) in [7, 11) is -2.07. The van der Waals surface area contributed by atoms with Crippen LogP contribution in [0.15, 0.2) is 0 Å². The Kier molecular flexibility index (Phi) is 2.73. The van der Waals surface area contributed by atoms with Gasteiger partial charge >= 0.3 is 0 Å². The molecule has 0 unspecified atom stereocenters. The van der Waals surface area contributed by atoms with Crippen LogP contribution >= 0.6 is 0 Å². The molecule has 2 nitrogen and oxygen atoms in total. The second-order valence-corrected chi connectivity index (χ2v) is 8.16.